The number of hydrogen-bond donors (Lipinski definition) is 0. The summed E-state index contributed by atoms with van der Waals surface area (Å²) in [4.78, 5) is 22.7. The van der Waals surface area contributed by atoms with Crippen molar-refractivity contribution in [3.63, 3.8) is 0 Å². The number of nitrogens with zero attached hydrogens (tertiary/aromatic N) is 3. The van der Waals surface area contributed by atoms with Gasteiger partial charge in [-0.2, -0.15) is 0 Å². The van der Waals surface area contributed by atoms with Gasteiger partial charge in [0, 0.05) is 26.2 Å². The number of rotatable bonds is 6. The molecule has 8 heteroatoms. The molecule has 7 nitrogen and oxygen atoms in total. The SMILES string of the molecule is Cc1cc(C)c2nc(N(CCCN3CCOCC3)C(=O)C3COc4ccccc4O3)sc2c1. The second-order valence-electron chi connectivity index (χ2n) is 8.59. The van der Waals surface area contributed by atoms with E-state index in [1.807, 2.05) is 24.3 Å². The summed E-state index contributed by atoms with van der Waals surface area (Å²) in [6.07, 6.45) is 0.155. The van der Waals surface area contributed by atoms with Crippen LogP contribution < -0.4 is 14.4 Å². The average Bonchev–Trinajstić information content (AvgIpc) is 3.26. The Morgan fingerprint density at radius 2 is 1.97 bits per heavy atom. The topological polar surface area (TPSA) is 64.1 Å². The van der Waals surface area contributed by atoms with E-state index in [1.165, 1.54) is 5.56 Å². The minimum Gasteiger partial charge on any atom is -0.485 e. The first-order valence-electron chi connectivity index (χ1n) is 11.5. The van der Waals surface area contributed by atoms with Gasteiger partial charge in [-0.1, -0.05) is 29.5 Å². The molecule has 0 aliphatic carbocycles. The molecule has 3 aromatic rings. The van der Waals surface area contributed by atoms with Crippen LogP contribution in [0.5, 0.6) is 11.5 Å². The Morgan fingerprint density at radius 1 is 1.18 bits per heavy atom. The number of fused-ring (bicyclic) bond motifs is 2. The Kier molecular flexibility index (Phi) is 6.48. The summed E-state index contributed by atoms with van der Waals surface area (Å²) in [5, 5.41) is 0.716. The number of ether oxygens (including phenoxy) is 3. The van der Waals surface area contributed by atoms with Gasteiger partial charge in [0.15, 0.2) is 16.6 Å². The van der Waals surface area contributed by atoms with Crippen LogP contribution in [0.1, 0.15) is 17.5 Å². The largest absolute Gasteiger partial charge is 0.485 e. The first-order valence-corrected chi connectivity index (χ1v) is 12.3. The van der Waals surface area contributed by atoms with Crippen molar-refractivity contribution >= 4 is 32.6 Å². The lowest BCUT2D eigenvalue weighted by Crippen LogP contribution is -2.47. The highest BCUT2D eigenvalue weighted by Gasteiger charge is 2.33. The molecule has 0 radical (unpaired) electrons. The summed E-state index contributed by atoms with van der Waals surface area (Å²) in [6.45, 7) is 9.25. The molecular weight excluding hydrogens is 438 g/mol. The van der Waals surface area contributed by atoms with E-state index < -0.39 is 6.10 Å². The number of carbonyl (C=O) groups is 1. The second-order valence-corrected chi connectivity index (χ2v) is 9.60. The molecule has 2 aliphatic rings. The van der Waals surface area contributed by atoms with Crippen molar-refractivity contribution in [1.29, 1.82) is 0 Å². The quantitative estimate of drug-likeness (QED) is 0.549. The number of anilines is 1. The number of benzene rings is 2. The maximum Gasteiger partial charge on any atom is 0.273 e. The number of amides is 1. The van der Waals surface area contributed by atoms with Crippen molar-refractivity contribution in [1.82, 2.24) is 9.88 Å². The molecule has 2 aromatic carbocycles. The zero-order valence-electron chi connectivity index (χ0n) is 19.1. The van der Waals surface area contributed by atoms with Crippen LogP contribution in [0.3, 0.4) is 0 Å². The molecule has 1 unspecified atom stereocenters. The Balaban J connectivity index is 1.38. The van der Waals surface area contributed by atoms with Crippen molar-refractivity contribution in [2.45, 2.75) is 26.4 Å². The van der Waals surface area contributed by atoms with Crippen molar-refractivity contribution in [2.24, 2.45) is 0 Å². The van der Waals surface area contributed by atoms with Crippen LogP contribution in [-0.2, 0) is 9.53 Å². The summed E-state index contributed by atoms with van der Waals surface area (Å²) < 4.78 is 18.4. The van der Waals surface area contributed by atoms with Crippen molar-refractivity contribution < 1.29 is 19.0 Å². The molecule has 1 aromatic heterocycles. The lowest BCUT2D eigenvalue weighted by atomic mass is 10.1. The van der Waals surface area contributed by atoms with E-state index in [2.05, 4.69) is 30.9 Å². The Labute approximate surface area is 197 Å². The van der Waals surface area contributed by atoms with Gasteiger partial charge in [-0.05, 0) is 49.6 Å². The average molecular weight is 468 g/mol. The Hall–Kier alpha value is -2.68. The van der Waals surface area contributed by atoms with E-state index in [1.54, 1.807) is 16.2 Å². The smallest absolute Gasteiger partial charge is 0.273 e. The highest BCUT2D eigenvalue weighted by Crippen LogP contribution is 2.34. The van der Waals surface area contributed by atoms with Gasteiger partial charge in [0.25, 0.3) is 5.91 Å². The predicted octanol–water partition coefficient (Wildman–Crippen LogP) is 3.81. The second kappa shape index (κ2) is 9.67. The highest BCUT2D eigenvalue weighted by atomic mass is 32.1. The maximum absolute atomic E-state index is 13.7. The molecular formula is C25H29N3O4S. The molecule has 0 N–H and O–H groups in total. The Morgan fingerprint density at radius 3 is 2.79 bits per heavy atom. The number of aryl methyl sites for hydroxylation is 2. The number of para-hydroxylation sites is 2. The van der Waals surface area contributed by atoms with Gasteiger partial charge in [0.1, 0.15) is 6.61 Å². The van der Waals surface area contributed by atoms with Gasteiger partial charge < -0.3 is 14.2 Å². The summed E-state index contributed by atoms with van der Waals surface area (Å²) in [7, 11) is 0. The molecule has 0 bridgehead atoms. The van der Waals surface area contributed by atoms with Gasteiger partial charge in [-0.25, -0.2) is 4.98 Å². The lowest BCUT2D eigenvalue weighted by Gasteiger charge is -2.31. The third-order valence-corrected chi connectivity index (χ3v) is 7.08. The highest BCUT2D eigenvalue weighted by molar-refractivity contribution is 7.22. The molecule has 2 aliphatic heterocycles. The molecule has 174 valence electrons. The van der Waals surface area contributed by atoms with Gasteiger partial charge in [0.2, 0.25) is 6.10 Å². The summed E-state index contributed by atoms with van der Waals surface area (Å²) in [6, 6.07) is 11.7. The molecule has 1 amide bonds. The fourth-order valence-electron chi connectivity index (χ4n) is 4.37. The van der Waals surface area contributed by atoms with Crippen LogP contribution in [-0.4, -0.2) is 67.9 Å². The number of aromatic nitrogens is 1. The van der Waals surface area contributed by atoms with Crippen LogP contribution in [0.4, 0.5) is 5.13 Å². The molecule has 1 atom stereocenters. The van der Waals surface area contributed by atoms with Crippen molar-refractivity contribution in [2.75, 3.05) is 50.9 Å². The van der Waals surface area contributed by atoms with Crippen molar-refractivity contribution in [3.05, 3.63) is 47.5 Å². The number of hydrogen-bond acceptors (Lipinski definition) is 7. The van der Waals surface area contributed by atoms with E-state index in [0.29, 0.717) is 23.2 Å². The zero-order chi connectivity index (χ0) is 22.8. The third kappa shape index (κ3) is 4.83. The standard InChI is InChI=1S/C25H29N3O4S/c1-17-14-18(2)23-22(15-17)33-25(26-23)28(9-5-8-27-10-12-30-13-11-27)24(29)21-16-31-19-6-3-4-7-20(19)32-21/h3-4,6-7,14-15,21H,5,8-13,16H2,1-2H3. The van der Waals surface area contributed by atoms with E-state index in [9.17, 15) is 4.79 Å². The van der Waals surface area contributed by atoms with Crippen LogP contribution >= 0.6 is 11.3 Å². The monoisotopic (exact) mass is 467 g/mol. The molecule has 5 rings (SSSR count). The molecule has 1 fully saturated rings. The van der Waals surface area contributed by atoms with Crippen LogP contribution in [0.15, 0.2) is 36.4 Å². The minimum atomic E-state index is -0.696. The first kappa shape index (κ1) is 22.1. The molecule has 0 saturated carbocycles. The normalized spacial score (nSPS) is 18.4. The van der Waals surface area contributed by atoms with E-state index >= 15 is 0 Å². The van der Waals surface area contributed by atoms with Gasteiger partial charge >= 0.3 is 0 Å². The first-order chi connectivity index (χ1) is 16.1. The van der Waals surface area contributed by atoms with Gasteiger partial charge in [-0.15, -0.1) is 0 Å². The summed E-state index contributed by atoms with van der Waals surface area (Å²) in [5.41, 5.74) is 3.28. The fourth-order valence-corrected chi connectivity index (χ4v) is 5.54. The molecule has 1 saturated heterocycles. The van der Waals surface area contributed by atoms with Crippen LogP contribution in [0, 0.1) is 13.8 Å². The minimum absolute atomic E-state index is 0.111. The van der Waals surface area contributed by atoms with Gasteiger partial charge in [-0.3, -0.25) is 14.6 Å². The molecule has 3 heterocycles. The number of thiazole rings is 1. The van der Waals surface area contributed by atoms with Crippen molar-refractivity contribution in [3.8, 4) is 11.5 Å². The third-order valence-electron chi connectivity index (χ3n) is 6.06. The lowest BCUT2D eigenvalue weighted by molar-refractivity contribution is -0.127. The van der Waals surface area contributed by atoms with Gasteiger partial charge in [0.05, 0.1) is 23.4 Å². The van der Waals surface area contributed by atoms with E-state index in [4.69, 9.17) is 19.2 Å². The van der Waals surface area contributed by atoms with E-state index in [-0.39, 0.29) is 12.5 Å². The predicted molar refractivity (Wildman–Crippen MR) is 130 cm³/mol. The van der Waals surface area contributed by atoms with Crippen LogP contribution in [0.2, 0.25) is 0 Å². The number of carbonyl (C=O) groups excluding carboxylic acids is 1. The van der Waals surface area contributed by atoms with E-state index in [0.717, 1.165) is 55.0 Å². The maximum atomic E-state index is 13.7. The Bertz CT molecular complexity index is 1140. The summed E-state index contributed by atoms with van der Waals surface area (Å²) in [5.74, 6) is 1.16. The summed E-state index contributed by atoms with van der Waals surface area (Å²) >= 11 is 1.56. The van der Waals surface area contributed by atoms with Crippen LogP contribution in [0.25, 0.3) is 10.2 Å². The fraction of sp³-hybridized carbons (Fsp3) is 0.440. The number of morpholine rings is 1. The molecule has 33 heavy (non-hydrogen) atoms. The zero-order valence-corrected chi connectivity index (χ0v) is 19.9. The molecule has 0 spiro atoms.